The second-order valence-corrected chi connectivity index (χ2v) is 9.91. The van der Waals surface area contributed by atoms with E-state index in [1.54, 1.807) is 24.4 Å². The van der Waals surface area contributed by atoms with Crippen LogP contribution >= 0.6 is 7.82 Å². The van der Waals surface area contributed by atoms with E-state index in [0.717, 1.165) is 30.8 Å². The van der Waals surface area contributed by atoms with Gasteiger partial charge in [0.15, 0.2) is 5.76 Å². The van der Waals surface area contributed by atoms with Crippen LogP contribution in [-0.4, -0.2) is 26.5 Å². The first-order valence-electron chi connectivity index (χ1n) is 11.6. The molecule has 0 bridgehead atoms. The normalized spacial score (nSPS) is 15.9. The van der Waals surface area contributed by atoms with E-state index in [1.807, 2.05) is 12.3 Å². The summed E-state index contributed by atoms with van der Waals surface area (Å²) in [7, 11) is -4.62. The van der Waals surface area contributed by atoms with Gasteiger partial charge in [0.25, 0.3) is 5.82 Å². The number of anilines is 2. The van der Waals surface area contributed by atoms with Crippen LogP contribution in [0, 0.1) is 0 Å². The van der Waals surface area contributed by atoms with Gasteiger partial charge in [-0.1, -0.05) is 41.6 Å². The fourth-order valence-corrected chi connectivity index (χ4v) is 4.78. The Balaban J connectivity index is 1.28. The summed E-state index contributed by atoms with van der Waals surface area (Å²) in [6, 6.07) is 20.2. The summed E-state index contributed by atoms with van der Waals surface area (Å²) in [6.45, 7) is 0.585. The number of nitrogen functional groups attached to an aromatic ring is 1. The van der Waals surface area contributed by atoms with E-state index in [-0.39, 0.29) is 5.82 Å². The second kappa shape index (κ2) is 10.2. The highest BCUT2D eigenvalue weighted by Crippen LogP contribution is 2.36. The molecule has 0 radical (unpaired) electrons. The lowest BCUT2D eigenvalue weighted by Crippen LogP contribution is -2.38. The van der Waals surface area contributed by atoms with Crippen LogP contribution in [0.4, 0.5) is 11.6 Å². The number of phosphoric acid groups is 1. The number of pyridine rings is 2. The minimum atomic E-state index is -4.62. The number of nitrogens with two attached hydrogens (primary N) is 1. The number of benzene rings is 1. The largest absolute Gasteiger partial charge is 0.472 e. The molecule has 1 fully saturated rings. The van der Waals surface area contributed by atoms with Crippen LogP contribution in [0.25, 0.3) is 11.3 Å². The Hall–Kier alpha value is -3.56. The molecule has 0 saturated carbocycles. The molecule has 0 spiro atoms. The molecular weight excluding hydrogens is 481 g/mol. The molecule has 4 aromatic rings. The third-order valence-corrected chi connectivity index (χ3v) is 6.68. The van der Waals surface area contributed by atoms with Crippen LogP contribution in [0.1, 0.15) is 35.7 Å². The summed E-state index contributed by atoms with van der Waals surface area (Å²) >= 11 is 0. The Labute approximate surface area is 208 Å². The zero-order valence-corrected chi connectivity index (χ0v) is 20.4. The van der Waals surface area contributed by atoms with Gasteiger partial charge in [0.2, 0.25) is 6.73 Å². The van der Waals surface area contributed by atoms with Crippen molar-refractivity contribution in [3.8, 4) is 11.3 Å². The molecule has 186 valence electrons. The van der Waals surface area contributed by atoms with Crippen molar-refractivity contribution in [2.24, 2.45) is 0 Å². The number of phosphoric ester groups is 1. The molecule has 1 unspecified atom stereocenters. The van der Waals surface area contributed by atoms with Crippen molar-refractivity contribution in [2.75, 3.05) is 17.2 Å². The van der Waals surface area contributed by atoms with Gasteiger partial charge in [-0.15, -0.1) is 0 Å². The SMILES string of the molecule is Nc1c(-c2cc(Cc3ccc(N4CCCC4c4ccccc4)nc3)no2)ccc[n+]1COP(=O)(O)O. The van der Waals surface area contributed by atoms with E-state index in [2.05, 4.69) is 51.0 Å². The molecule has 4 N–H and O–H groups in total. The third-order valence-electron chi connectivity index (χ3n) is 6.23. The fraction of sp³-hybridized carbons (Fsp3) is 0.240. The van der Waals surface area contributed by atoms with Gasteiger partial charge < -0.3 is 19.2 Å². The lowest BCUT2D eigenvalue weighted by Gasteiger charge is -2.26. The highest BCUT2D eigenvalue weighted by molar-refractivity contribution is 7.46. The van der Waals surface area contributed by atoms with Gasteiger partial charge >= 0.3 is 7.82 Å². The van der Waals surface area contributed by atoms with Crippen molar-refractivity contribution in [3.05, 3.63) is 89.9 Å². The maximum Gasteiger partial charge on any atom is 0.472 e. The van der Waals surface area contributed by atoms with E-state index in [4.69, 9.17) is 25.0 Å². The predicted molar refractivity (Wildman–Crippen MR) is 132 cm³/mol. The van der Waals surface area contributed by atoms with Crippen LogP contribution in [0.5, 0.6) is 0 Å². The highest BCUT2D eigenvalue weighted by atomic mass is 31.2. The summed E-state index contributed by atoms with van der Waals surface area (Å²) in [5.74, 6) is 1.64. The summed E-state index contributed by atoms with van der Waals surface area (Å²) < 4.78 is 22.4. The summed E-state index contributed by atoms with van der Waals surface area (Å²) in [6.07, 6.45) is 6.21. The van der Waals surface area contributed by atoms with Crippen molar-refractivity contribution in [1.29, 1.82) is 0 Å². The van der Waals surface area contributed by atoms with Gasteiger partial charge in [-0.25, -0.2) is 18.6 Å². The van der Waals surface area contributed by atoms with Crippen molar-refractivity contribution in [1.82, 2.24) is 10.1 Å². The van der Waals surface area contributed by atoms with Crippen molar-refractivity contribution < 1.29 is 28.0 Å². The minimum Gasteiger partial charge on any atom is -0.356 e. The maximum absolute atomic E-state index is 11.0. The third kappa shape index (κ3) is 5.47. The van der Waals surface area contributed by atoms with E-state index < -0.39 is 14.6 Å². The summed E-state index contributed by atoms with van der Waals surface area (Å²) in [5.41, 5.74) is 9.73. The lowest BCUT2D eigenvalue weighted by atomic mass is 10.0. The molecule has 1 atom stereocenters. The standard InChI is InChI=1S/C25H26N5O5P/c26-25-21(8-4-12-29(25)17-34-36(31,32)33)23-15-20(28-35-23)14-18-10-11-24(27-16-18)30-13-5-9-22(30)19-6-2-1-3-7-19/h1-4,6-8,10-12,15-16,22,26H,5,9,13-14,17H2,(H2,31,32,33)/p+1. The van der Waals surface area contributed by atoms with Crippen LogP contribution in [-0.2, 0) is 22.2 Å². The first-order chi connectivity index (χ1) is 17.4. The molecule has 0 amide bonds. The quantitative estimate of drug-likeness (QED) is 0.241. The molecule has 36 heavy (non-hydrogen) atoms. The molecule has 4 heterocycles. The molecule has 1 saturated heterocycles. The second-order valence-electron chi connectivity index (χ2n) is 8.67. The zero-order chi connectivity index (χ0) is 25.1. The van der Waals surface area contributed by atoms with Crippen molar-refractivity contribution in [3.63, 3.8) is 0 Å². The van der Waals surface area contributed by atoms with Crippen molar-refractivity contribution in [2.45, 2.75) is 32.0 Å². The van der Waals surface area contributed by atoms with Gasteiger partial charge in [0.05, 0.1) is 17.9 Å². The van der Waals surface area contributed by atoms with Gasteiger partial charge in [-0.2, -0.15) is 0 Å². The summed E-state index contributed by atoms with van der Waals surface area (Å²) in [4.78, 5) is 25.0. The average molecular weight is 508 g/mol. The van der Waals surface area contributed by atoms with Crippen LogP contribution in [0.2, 0.25) is 0 Å². The fourth-order valence-electron chi connectivity index (χ4n) is 4.51. The monoisotopic (exact) mass is 508 g/mol. The zero-order valence-electron chi connectivity index (χ0n) is 19.5. The molecule has 0 aliphatic carbocycles. The molecule has 3 aromatic heterocycles. The lowest BCUT2D eigenvalue weighted by molar-refractivity contribution is -0.711. The Morgan fingerprint density at radius 2 is 2.00 bits per heavy atom. The number of rotatable bonds is 8. The van der Waals surface area contributed by atoms with Crippen LogP contribution in [0.3, 0.4) is 0 Å². The minimum absolute atomic E-state index is 0.234. The van der Waals surface area contributed by atoms with Gasteiger partial charge in [-0.05, 0) is 42.2 Å². The predicted octanol–water partition coefficient (Wildman–Crippen LogP) is 3.61. The van der Waals surface area contributed by atoms with Gasteiger partial charge in [-0.3, -0.25) is 5.73 Å². The topological polar surface area (TPSA) is 139 Å². The molecule has 1 aliphatic rings. The van der Waals surface area contributed by atoms with E-state index >= 15 is 0 Å². The van der Waals surface area contributed by atoms with Crippen molar-refractivity contribution >= 4 is 19.5 Å². The Morgan fingerprint density at radius 3 is 2.75 bits per heavy atom. The average Bonchev–Trinajstić information content (AvgIpc) is 3.54. The van der Waals surface area contributed by atoms with E-state index in [0.29, 0.717) is 29.5 Å². The highest BCUT2D eigenvalue weighted by Gasteiger charge is 2.27. The molecule has 1 aromatic carbocycles. The van der Waals surface area contributed by atoms with Crippen LogP contribution in [0.15, 0.2) is 77.6 Å². The molecule has 10 nitrogen and oxygen atoms in total. The van der Waals surface area contributed by atoms with Gasteiger partial charge in [0.1, 0.15) is 11.4 Å². The maximum atomic E-state index is 11.0. The molecule has 11 heteroatoms. The number of hydrogen-bond acceptors (Lipinski definition) is 7. The van der Waals surface area contributed by atoms with Crippen LogP contribution < -0.4 is 15.2 Å². The number of aromatic nitrogens is 3. The summed E-state index contributed by atoms with van der Waals surface area (Å²) in [5, 5.41) is 4.16. The van der Waals surface area contributed by atoms with E-state index in [9.17, 15) is 4.57 Å². The molecular formula is C25H27N5O5P+. The Morgan fingerprint density at radius 1 is 1.17 bits per heavy atom. The van der Waals surface area contributed by atoms with Gasteiger partial charge in [0, 0.05) is 25.2 Å². The molecule has 1 aliphatic heterocycles. The number of hydrogen-bond donors (Lipinski definition) is 3. The molecule has 5 rings (SSSR count). The Bertz CT molecular complexity index is 1370. The first-order valence-corrected chi connectivity index (χ1v) is 13.1. The Kier molecular flexibility index (Phi) is 6.84. The number of nitrogens with zero attached hydrogens (tertiary/aromatic N) is 4. The first kappa shape index (κ1) is 24.1. The smallest absolute Gasteiger partial charge is 0.356 e. The van der Waals surface area contributed by atoms with E-state index in [1.165, 1.54) is 10.1 Å².